The summed E-state index contributed by atoms with van der Waals surface area (Å²) in [5.41, 5.74) is 0.421. The number of alkyl halides is 3. The summed E-state index contributed by atoms with van der Waals surface area (Å²) in [7, 11) is 0. The van der Waals surface area contributed by atoms with Crippen molar-refractivity contribution in [3.05, 3.63) is 65.8 Å². The smallest absolute Gasteiger partial charge is 0.433 e. The first-order valence-electron chi connectivity index (χ1n) is 9.56. The number of rotatable bonds is 5. The Morgan fingerprint density at radius 2 is 1.94 bits per heavy atom. The van der Waals surface area contributed by atoms with E-state index in [-0.39, 0.29) is 17.2 Å². The second-order valence-electron chi connectivity index (χ2n) is 7.03. The first-order chi connectivity index (χ1) is 14.8. The van der Waals surface area contributed by atoms with Crippen LogP contribution in [0.3, 0.4) is 0 Å². The van der Waals surface area contributed by atoms with Crippen LogP contribution in [0.15, 0.2) is 53.1 Å². The van der Waals surface area contributed by atoms with Gasteiger partial charge in [0.05, 0.1) is 6.26 Å². The lowest BCUT2D eigenvalue weighted by Crippen LogP contribution is -2.16. The molecule has 1 unspecified atom stereocenters. The van der Waals surface area contributed by atoms with E-state index < -0.39 is 23.6 Å². The molecule has 4 aromatic rings. The van der Waals surface area contributed by atoms with Crippen molar-refractivity contribution in [1.29, 1.82) is 0 Å². The van der Waals surface area contributed by atoms with Crippen molar-refractivity contribution in [2.75, 3.05) is 5.32 Å². The Hall–Kier alpha value is -3.69. The molecule has 10 heteroatoms. The van der Waals surface area contributed by atoms with Crippen molar-refractivity contribution in [3.63, 3.8) is 0 Å². The van der Waals surface area contributed by atoms with Gasteiger partial charge in [-0.05, 0) is 48.2 Å². The van der Waals surface area contributed by atoms with Gasteiger partial charge in [0.2, 0.25) is 5.82 Å². The van der Waals surface area contributed by atoms with E-state index in [1.165, 1.54) is 18.4 Å². The minimum absolute atomic E-state index is 0.0650. The van der Waals surface area contributed by atoms with Crippen LogP contribution >= 0.6 is 0 Å². The molecule has 160 valence electrons. The number of nitrogens with one attached hydrogen (secondary N) is 1. The Bertz CT molecular complexity index is 1210. The predicted octanol–water partition coefficient (Wildman–Crippen LogP) is 5.17. The number of aromatic nitrogens is 4. The molecular formula is C21H18F3N5O2. The third-order valence-corrected chi connectivity index (χ3v) is 4.93. The van der Waals surface area contributed by atoms with E-state index in [4.69, 9.17) is 4.42 Å². The average molecular weight is 429 g/mol. The fourth-order valence-corrected chi connectivity index (χ4v) is 3.03. The standard InChI is InChI=1S/C21H18F3N5O2/c1-3-12(2)13-6-8-14(9-7-13)25-19(30)18-27-20-26-15(16-5-4-10-31-16)11-17(21(22,23)24)29(20)28-18/h4-12H,3H2,1-2H3,(H,25,30). The summed E-state index contributed by atoms with van der Waals surface area (Å²) in [5.74, 6) is -1.02. The second kappa shape index (κ2) is 7.86. The maximum Gasteiger partial charge on any atom is 0.433 e. The maximum absolute atomic E-state index is 13.6. The zero-order valence-electron chi connectivity index (χ0n) is 16.6. The van der Waals surface area contributed by atoms with Crippen LogP contribution < -0.4 is 5.32 Å². The lowest BCUT2D eigenvalue weighted by molar-refractivity contribution is -0.142. The average Bonchev–Trinajstić information content (AvgIpc) is 3.42. The lowest BCUT2D eigenvalue weighted by Gasteiger charge is -2.10. The van der Waals surface area contributed by atoms with Crippen LogP contribution in [-0.2, 0) is 6.18 Å². The van der Waals surface area contributed by atoms with E-state index in [0.29, 0.717) is 16.1 Å². The van der Waals surface area contributed by atoms with Crippen LogP contribution in [0.25, 0.3) is 17.2 Å². The molecule has 0 saturated heterocycles. The van der Waals surface area contributed by atoms with E-state index in [1.54, 1.807) is 12.1 Å². The van der Waals surface area contributed by atoms with E-state index in [9.17, 15) is 18.0 Å². The molecule has 4 rings (SSSR count). The van der Waals surface area contributed by atoms with Gasteiger partial charge in [-0.1, -0.05) is 26.0 Å². The van der Waals surface area contributed by atoms with Crippen LogP contribution in [0, 0.1) is 0 Å². The SMILES string of the molecule is CCC(C)c1ccc(NC(=O)c2nc3nc(-c4ccco4)cc(C(F)(F)F)n3n2)cc1. The summed E-state index contributed by atoms with van der Waals surface area (Å²) in [6.45, 7) is 4.17. The molecule has 0 radical (unpaired) electrons. The fraction of sp³-hybridized carbons (Fsp3) is 0.238. The molecule has 1 N–H and O–H groups in total. The molecule has 0 saturated carbocycles. The molecule has 31 heavy (non-hydrogen) atoms. The molecule has 0 bridgehead atoms. The summed E-state index contributed by atoms with van der Waals surface area (Å²) in [6.07, 6.45) is -2.44. The molecule has 1 aromatic carbocycles. The molecule has 3 heterocycles. The lowest BCUT2D eigenvalue weighted by atomic mass is 9.99. The van der Waals surface area contributed by atoms with Crippen molar-refractivity contribution in [1.82, 2.24) is 19.6 Å². The topological polar surface area (TPSA) is 85.3 Å². The van der Waals surface area contributed by atoms with Gasteiger partial charge in [0.25, 0.3) is 11.7 Å². The zero-order valence-corrected chi connectivity index (χ0v) is 16.6. The number of furan rings is 1. The van der Waals surface area contributed by atoms with Gasteiger partial charge in [0, 0.05) is 5.69 Å². The van der Waals surface area contributed by atoms with Gasteiger partial charge in [0.1, 0.15) is 5.69 Å². The number of hydrogen-bond acceptors (Lipinski definition) is 5. The van der Waals surface area contributed by atoms with Crippen LogP contribution in [0.5, 0.6) is 0 Å². The first-order valence-corrected chi connectivity index (χ1v) is 9.56. The fourth-order valence-electron chi connectivity index (χ4n) is 3.03. The van der Waals surface area contributed by atoms with Gasteiger partial charge in [0.15, 0.2) is 11.5 Å². The molecule has 7 nitrogen and oxygen atoms in total. The van der Waals surface area contributed by atoms with Gasteiger partial charge in [-0.15, -0.1) is 5.10 Å². The van der Waals surface area contributed by atoms with E-state index in [2.05, 4.69) is 34.2 Å². The van der Waals surface area contributed by atoms with Gasteiger partial charge in [-0.3, -0.25) is 4.79 Å². The molecule has 1 atom stereocenters. The number of anilines is 1. The highest BCUT2D eigenvalue weighted by atomic mass is 19.4. The molecule has 0 aliphatic carbocycles. The van der Waals surface area contributed by atoms with E-state index in [1.807, 2.05) is 12.1 Å². The highest BCUT2D eigenvalue weighted by molar-refractivity contribution is 6.01. The summed E-state index contributed by atoms with van der Waals surface area (Å²) in [5, 5.41) is 6.34. The van der Waals surface area contributed by atoms with Gasteiger partial charge >= 0.3 is 6.18 Å². The van der Waals surface area contributed by atoms with Crippen molar-refractivity contribution >= 4 is 17.4 Å². The second-order valence-corrected chi connectivity index (χ2v) is 7.03. The highest BCUT2D eigenvalue weighted by Crippen LogP contribution is 2.32. The maximum atomic E-state index is 13.6. The highest BCUT2D eigenvalue weighted by Gasteiger charge is 2.36. The number of fused-ring (bicyclic) bond motifs is 1. The number of hydrogen-bond donors (Lipinski definition) is 1. The number of benzene rings is 1. The number of amides is 1. The van der Waals surface area contributed by atoms with Crippen LogP contribution in [0.2, 0.25) is 0 Å². The number of carbonyl (C=O) groups excluding carboxylic acids is 1. The molecular weight excluding hydrogens is 411 g/mol. The third-order valence-electron chi connectivity index (χ3n) is 4.93. The summed E-state index contributed by atoms with van der Waals surface area (Å²) < 4.78 is 46.4. The molecule has 1 amide bonds. The van der Waals surface area contributed by atoms with E-state index in [0.717, 1.165) is 18.1 Å². The molecule has 0 aliphatic rings. The molecule has 0 aliphatic heterocycles. The quantitative estimate of drug-likeness (QED) is 0.473. The first kappa shape index (κ1) is 20.6. The van der Waals surface area contributed by atoms with Crippen molar-refractivity contribution in [3.8, 4) is 11.5 Å². The minimum Gasteiger partial charge on any atom is -0.463 e. The van der Waals surface area contributed by atoms with E-state index >= 15 is 0 Å². The minimum atomic E-state index is -4.74. The van der Waals surface area contributed by atoms with Crippen molar-refractivity contribution < 1.29 is 22.4 Å². The summed E-state index contributed by atoms with van der Waals surface area (Å²) in [6, 6.07) is 11.0. The Labute approximate surface area is 174 Å². The van der Waals surface area contributed by atoms with Crippen LogP contribution in [0.4, 0.5) is 18.9 Å². The normalized spacial score (nSPS) is 12.8. The van der Waals surface area contributed by atoms with Gasteiger partial charge < -0.3 is 9.73 Å². The number of nitrogens with zero attached hydrogens (tertiary/aromatic N) is 4. The van der Waals surface area contributed by atoms with Crippen molar-refractivity contribution in [2.45, 2.75) is 32.4 Å². The Kier molecular flexibility index (Phi) is 5.22. The Morgan fingerprint density at radius 3 is 2.55 bits per heavy atom. The molecule has 0 spiro atoms. The zero-order chi connectivity index (χ0) is 22.2. The molecule has 3 aromatic heterocycles. The third kappa shape index (κ3) is 4.14. The largest absolute Gasteiger partial charge is 0.463 e. The summed E-state index contributed by atoms with van der Waals surface area (Å²) >= 11 is 0. The van der Waals surface area contributed by atoms with Crippen molar-refractivity contribution in [2.24, 2.45) is 0 Å². The molecule has 0 fully saturated rings. The number of carbonyl (C=O) groups is 1. The Balaban J connectivity index is 1.67. The van der Waals surface area contributed by atoms with Crippen LogP contribution in [0.1, 0.15) is 48.1 Å². The summed E-state index contributed by atoms with van der Waals surface area (Å²) in [4.78, 5) is 20.5. The van der Waals surface area contributed by atoms with Gasteiger partial charge in [-0.2, -0.15) is 22.7 Å². The van der Waals surface area contributed by atoms with Gasteiger partial charge in [-0.25, -0.2) is 4.98 Å². The number of halogens is 3. The predicted molar refractivity (Wildman–Crippen MR) is 107 cm³/mol. The van der Waals surface area contributed by atoms with Crippen LogP contribution in [-0.4, -0.2) is 25.5 Å². The Morgan fingerprint density at radius 1 is 1.19 bits per heavy atom. The monoisotopic (exact) mass is 429 g/mol.